The number of anilines is 1. The number of fused-ring (bicyclic) bond motifs is 1. The van der Waals surface area contributed by atoms with Gasteiger partial charge in [0.25, 0.3) is 11.9 Å². The normalized spacial score (nSPS) is 20.7. The van der Waals surface area contributed by atoms with E-state index in [0.29, 0.717) is 16.4 Å². The van der Waals surface area contributed by atoms with Crippen molar-refractivity contribution in [2.24, 2.45) is 10.7 Å². The lowest BCUT2D eigenvalue weighted by molar-refractivity contribution is -0.209. The first-order valence-corrected chi connectivity index (χ1v) is 10.2. The molecule has 0 fully saturated rings. The minimum atomic E-state index is -4.88. The molecule has 2 aromatic heterocycles. The number of amidine groups is 1. The molecule has 4 rings (SSSR count). The van der Waals surface area contributed by atoms with Crippen LogP contribution < -0.4 is 11.1 Å². The second-order valence-corrected chi connectivity index (χ2v) is 8.17. The van der Waals surface area contributed by atoms with E-state index in [1.54, 1.807) is 29.7 Å². The third kappa shape index (κ3) is 4.25. The fourth-order valence-electron chi connectivity index (χ4n) is 3.79. The minimum absolute atomic E-state index is 0.00691. The second kappa shape index (κ2) is 8.42. The molecule has 0 saturated carbocycles. The summed E-state index contributed by atoms with van der Waals surface area (Å²) in [6, 6.07) is 5.38. The van der Waals surface area contributed by atoms with Crippen molar-refractivity contribution in [3.63, 3.8) is 0 Å². The zero-order valence-electron chi connectivity index (χ0n) is 17.5. The number of aliphatic imine (C=N–C) groups is 1. The maximum absolute atomic E-state index is 14.7. The van der Waals surface area contributed by atoms with Gasteiger partial charge in [-0.3, -0.25) is 4.79 Å². The number of rotatable bonds is 4. The van der Waals surface area contributed by atoms with Gasteiger partial charge in [0.15, 0.2) is 6.10 Å². The number of benzene rings is 1. The first-order valence-electron chi connectivity index (χ1n) is 9.84. The molecule has 1 aliphatic heterocycles. The van der Waals surface area contributed by atoms with Gasteiger partial charge in [0, 0.05) is 23.9 Å². The number of aryl methyl sites for hydroxylation is 1. The zero-order valence-corrected chi connectivity index (χ0v) is 18.2. The Morgan fingerprint density at radius 3 is 2.76 bits per heavy atom. The Morgan fingerprint density at radius 1 is 1.35 bits per heavy atom. The molecular formula is C21H17ClF5N5O2. The van der Waals surface area contributed by atoms with E-state index < -0.39 is 54.2 Å². The SMILES string of the molecule is Cc1c(C(=O)Nc2ccc(F)c(C3(CF)CC(C(F)(F)F)OC(N)=N3)c2)nc2ccc(Cl)cn12. The summed E-state index contributed by atoms with van der Waals surface area (Å²) in [5.41, 5.74) is 3.52. The summed E-state index contributed by atoms with van der Waals surface area (Å²) in [5.74, 6) is -1.69. The predicted octanol–water partition coefficient (Wildman–Crippen LogP) is 4.52. The number of imidazole rings is 1. The van der Waals surface area contributed by atoms with Crippen LogP contribution in [0.25, 0.3) is 5.65 Å². The lowest BCUT2D eigenvalue weighted by Gasteiger charge is -2.36. The molecule has 13 heteroatoms. The predicted molar refractivity (Wildman–Crippen MR) is 114 cm³/mol. The fourth-order valence-corrected chi connectivity index (χ4v) is 3.95. The minimum Gasteiger partial charge on any atom is -0.452 e. The van der Waals surface area contributed by atoms with Crippen molar-refractivity contribution in [1.29, 1.82) is 0 Å². The number of carbonyl (C=O) groups is 1. The summed E-state index contributed by atoms with van der Waals surface area (Å²) in [4.78, 5) is 20.8. The molecule has 0 radical (unpaired) electrons. The van der Waals surface area contributed by atoms with Gasteiger partial charge in [-0.2, -0.15) is 13.2 Å². The van der Waals surface area contributed by atoms with E-state index in [2.05, 4.69) is 20.0 Å². The smallest absolute Gasteiger partial charge is 0.425 e. The van der Waals surface area contributed by atoms with E-state index in [1.807, 2.05) is 0 Å². The van der Waals surface area contributed by atoms with Gasteiger partial charge in [-0.05, 0) is 37.3 Å². The highest BCUT2D eigenvalue weighted by atomic mass is 35.5. The first kappa shape index (κ1) is 23.7. The van der Waals surface area contributed by atoms with Crippen LogP contribution in [0.5, 0.6) is 0 Å². The number of halogens is 6. The van der Waals surface area contributed by atoms with Crippen LogP contribution in [0.4, 0.5) is 27.6 Å². The summed E-state index contributed by atoms with van der Waals surface area (Å²) in [6.07, 6.45) is -6.83. The first-order chi connectivity index (χ1) is 15.9. The number of ether oxygens (including phenoxy) is 1. The number of nitrogens with two attached hydrogens (primary N) is 1. The van der Waals surface area contributed by atoms with E-state index in [-0.39, 0.29) is 11.4 Å². The van der Waals surface area contributed by atoms with E-state index in [9.17, 15) is 26.7 Å². The van der Waals surface area contributed by atoms with Gasteiger partial charge in [-0.15, -0.1) is 0 Å². The van der Waals surface area contributed by atoms with Crippen molar-refractivity contribution >= 4 is 34.9 Å². The largest absolute Gasteiger partial charge is 0.452 e. The highest BCUT2D eigenvalue weighted by Gasteiger charge is 2.52. The number of alkyl halides is 4. The molecule has 0 spiro atoms. The van der Waals surface area contributed by atoms with E-state index in [1.165, 1.54) is 6.07 Å². The topological polar surface area (TPSA) is 94.0 Å². The third-order valence-corrected chi connectivity index (χ3v) is 5.68. The van der Waals surface area contributed by atoms with Gasteiger partial charge in [-0.1, -0.05) is 11.6 Å². The summed E-state index contributed by atoms with van der Waals surface area (Å²) in [6.45, 7) is 0.153. The number of carbonyl (C=O) groups excluding carboxylic acids is 1. The number of aromatic nitrogens is 2. The maximum Gasteiger partial charge on any atom is 0.425 e. The average Bonchev–Trinajstić information content (AvgIpc) is 3.10. The number of nitrogens with zero attached hydrogens (tertiary/aromatic N) is 3. The summed E-state index contributed by atoms with van der Waals surface area (Å²) < 4.78 is 74.8. The quantitative estimate of drug-likeness (QED) is 0.514. The van der Waals surface area contributed by atoms with Crippen LogP contribution in [0.15, 0.2) is 41.5 Å². The standard InChI is InChI=1S/C21H17ClF5N5O2/c1-10-17(30-16-5-2-11(22)8-32(10)16)18(33)29-12-3-4-14(24)13(6-12)20(9-23)7-15(21(25,26)27)34-19(28)31-20/h2-6,8,15H,7,9H2,1H3,(H2,28,31)(H,29,33). The van der Waals surface area contributed by atoms with Crippen molar-refractivity contribution < 1.29 is 31.5 Å². The maximum atomic E-state index is 14.7. The van der Waals surface area contributed by atoms with E-state index in [4.69, 9.17) is 17.3 Å². The second-order valence-electron chi connectivity index (χ2n) is 7.74. The molecule has 1 aliphatic rings. The van der Waals surface area contributed by atoms with Crippen molar-refractivity contribution in [2.45, 2.75) is 31.2 Å². The molecule has 2 unspecified atom stereocenters. The number of nitrogens with one attached hydrogen (secondary N) is 1. The zero-order chi connectivity index (χ0) is 24.8. The molecule has 3 N–H and O–H groups in total. The molecule has 2 atom stereocenters. The van der Waals surface area contributed by atoms with Crippen LogP contribution >= 0.6 is 11.6 Å². The van der Waals surface area contributed by atoms with Crippen LogP contribution in [0, 0.1) is 12.7 Å². The van der Waals surface area contributed by atoms with Gasteiger partial charge in [0.05, 0.1) is 10.7 Å². The van der Waals surface area contributed by atoms with Gasteiger partial charge >= 0.3 is 6.18 Å². The molecular weight excluding hydrogens is 485 g/mol. The van der Waals surface area contributed by atoms with Crippen molar-refractivity contribution in [3.8, 4) is 0 Å². The number of hydrogen-bond donors (Lipinski definition) is 2. The molecule has 1 amide bonds. The van der Waals surface area contributed by atoms with E-state index in [0.717, 1.165) is 12.1 Å². The molecule has 3 heterocycles. The van der Waals surface area contributed by atoms with Crippen LogP contribution in [0.3, 0.4) is 0 Å². The molecule has 180 valence electrons. The summed E-state index contributed by atoms with van der Waals surface area (Å²) >= 11 is 5.98. The van der Waals surface area contributed by atoms with Gasteiger partial charge in [0.2, 0.25) is 0 Å². The lowest BCUT2D eigenvalue weighted by atomic mass is 9.84. The number of pyridine rings is 1. The van der Waals surface area contributed by atoms with Crippen molar-refractivity contribution in [2.75, 3.05) is 12.0 Å². The fraction of sp³-hybridized carbons (Fsp3) is 0.286. The number of amides is 1. The third-order valence-electron chi connectivity index (χ3n) is 5.46. The number of hydrogen-bond acceptors (Lipinski definition) is 5. The summed E-state index contributed by atoms with van der Waals surface area (Å²) in [5, 5.41) is 2.93. The average molecular weight is 502 g/mol. The summed E-state index contributed by atoms with van der Waals surface area (Å²) in [7, 11) is 0. The molecule has 1 aromatic carbocycles. The molecule has 34 heavy (non-hydrogen) atoms. The van der Waals surface area contributed by atoms with E-state index >= 15 is 0 Å². The van der Waals surface area contributed by atoms with Crippen molar-refractivity contribution in [1.82, 2.24) is 9.38 Å². The van der Waals surface area contributed by atoms with Gasteiger partial charge < -0.3 is 20.2 Å². The Labute approximate surface area is 194 Å². The molecule has 0 bridgehead atoms. The Bertz CT molecular complexity index is 1310. The van der Waals surface area contributed by atoms with Crippen LogP contribution in [-0.4, -0.2) is 40.3 Å². The molecule has 0 saturated heterocycles. The lowest BCUT2D eigenvalue weighted by Crippen LogP contribution is -2.48. The molecule has 0 aliphatic carbocycles. The Balaban J connectivity index is 1.69. The van der Waals surface area contributed by atoms with Crippen LogP contribution in [0.1, 0.15) is 28.2 Å². The Kier molecular flexibility index (Phi) is 5.88. The monoisotopic (exact) mass is 501 g/mol. The molecule has 3 aromatic rings. The Hall–Kier alpha value is -3.41. The van der Waals surface area contributed by atoms with Crippen LogP contribution in [0.2, 0.25) is 5.02 Å². The highest BCUT2D eigenvalue weighted by Crippen LogP contribution is 2.42. The van der Waals surface area contributed by atoms with Gasteiger partial charge in [0.1, 0.15) is 29.4 Å². The highest BCUT2D eigenvalue weighted by molar-refractivity contribution is 6.30. The van der Waals surface area contributed by atoms with Gasteiger partial charge in [-0.25, -0.2) is 18.8 Å². The van der Waals surface area contributed by atoms with Crippen LogP contribution in [-0.2, 0) is 10.3 Å². The molecule has 7 nitrogen and oxygen atoms in total. The van der Waals surface area contributed by atoms with Crippen molar-refractivity contribution in [3.05, 3.63) is 64.3 Å². The Morgan fingerprint density at radius 2 is 2.09 bits per heavy atom.